The van der Waals surface area contributed by atoms with E-state index in [1.54, 1.807) is 30.5 Å². The lowest BCUT2D eigenvalue weighted by molar-refractivity contribution is -0.145. The molecule has 1 N–H and O–H groups in total. The summed E-state index contributed by atoms with van der Waals surface area (Å²) in [6.45, 7) is 3.55. The van der Waals surface area contributed by atoms with Gasteiger partial charge in [0.05, 0.1) is 24.9 Å². The van der Waals surface area contributed by atoms with Gasteiger partial charge in [0.25, 0.3) is 0 Å². The third-order valence-electron chi connectivity index (χ3n) is 7.11. The summed E-state index contributed by atoms with van der Waals surface area (Å²) in [6, 6.07) is 22.6. The van der Waals surface area contributed by atoms with Gasteiger partial charge in [0, 0.05) is 36.4 Å². The van der Waals surface area contributed by atoms with Crippen molar-refractivity contribution in [3.8, 4) is 17.0 Å². The van der Waals surface area contributed by atoms with Crippen molar-refractivity contribution in [2.75, 3.05) is 31.4 Å². The predicted molar refractivity (Wildman–Crippen MR) is 166 cm³/mol. The number of amides is 2. The number of hydrogen-bond acceptors (Lipinski definition) is 8. The molecule has 42 heavy (non-hydrogen) atoms. The van der Waals surface area contributed by atoms with Crippen LogP contribution in [0.5, 0.6) is 5.75 Å². The molecule has 2 aromatic heterocycles. The van der Waals surface area contributed by atoms with Crippen molar-refractivity contribution in [2.45, 2.75) is 32.5 Å². The van der Waals surface area contributed by atoms with Gasteiger partial charge in [-0.1, -0.05) is 17.3 Å². The molecule has 0 atom stereocenters. The van der Waals surface area contributed by atoms with Crippen molar-refractivity contribution in [1.29, 1.82) is 0 Å². The van der Waals surface area contributed by atoms with E-state index in [0.29, 0.717) is 16.2 Å². The van der Waals surface area contributed by atoms with E-state index in [1.807, 2.05) is 97.2 Å². The van der Waals surface area contributed by atoms with Crippen molar-refractivity contribution in [3.05, 3.63) is 83.2 Å². The number of carbonyl (C=O) groups excluding carboxylic acids is 2. The van der Waals surface area contributed by atoms with Crippen LogP contribution >= 0.6 is 11.3 Å². The summed E-state index contributed by atoms with van der Waals surface area (Å²) in [5, 5.41) is 14.0. The SMILES string of the molecule is COc1ccc(-c2csc(CN(C(=O)Cn3nnc4ccccc43)C(C)(C)C(=O)Nc3ccc(N(C)C)cc3)n2)cc1. The Morgan fingerprint density at radius 3 is 2.40 bits per heavy atom. The van der Waals surface area contributed by atoms with E-state index in [0.717, 1.165) is 28.2 Å². The normalized spacial score (nSPS) is 11.4. The predicted octanol–water partition coefficient (Wildman–Crippen LogP) is 5.08. The van der Waals surface area contributed by atoms with E-state index < -0.39 is 5.54 Å². The Balaban J connectivity index is 1.42. The molecule has 0 fully saturated rings. The van der Waals surface area contributed by atoms with E-state index >= 15 is 0 Å². The van der Waals surface area contributed by atoms with Gasteiger partial charge in [-0.25, -0.2) is 9.67 Å². The minimum Gasteiger partial charge on any atom is -0.497 e. The van der Waals surface area contributed by atoms with Crippen LogP contribution in [0.3, 0.4) is 0 Å². The number of nitrogens with zero attached hydrogens (tertiary/aromatic N) is 6. The molecule has 0 saturated heterocycles. The van der Waals surface area contributed by atoms with Crippen LogP contribution in [-0.2, 0) is 22.7 Å². The highest BCUT2D eigenvalue weighted by Gasteiger charge is 2.39. The van der Waals surface area contributed by atoms with Crippen LogP contribution in [0.2, 0.25) is 0 Å². The molecule has 10 nitrogen and oxygen atoms in total. The van der Waals surface area contributed by atoms with Gasteiger partial charge in [-0.05, 0) is 74.5 Å². The third-order valence-corrected chi connectivity index (χ3v) is 7.94. The Labute approximate surface area is 248 Å². The molecule has 11 heteroatoms. The minimum absolute atomic E-state index is 0.0779. The summed E-state index contributed by atoms with van der Waals surface area (Å²) in [5.74, 6) is 0.162. The highest BCUT2D eigenvalue weighted by Crippen LogP contribution is 2.28. The first-order valence-corrected chi connectivity index (χ1v) is 14.3. The number of nitrogens with one attached hydrogen (secondary N) is 1. The molecule has 5 rings (SSSR count). The smallest absolute Gasteiger partial charge is 0.249 e. The highest BCUT2D eigenvalue weighted by molar-refractivity contribution is 7.09. The second-order valence-electron chi connectivity index (χ2n) is 10.5. The van der Waals surface area contributed by atoms with E-state index in [2.05, 4.69) is 15.6 Å². The number of methoxy groups -OCH3 is 1. The van der Waals surface area contributed by atoms with Crippen molar-refractivity contribution in [1.82, 2.24) is 24.9 Å². The Hall–Kier alpha value is -4.77. The second kappa shape index (κ2) is 12.0. The van der Waals surface area contributed by atoms with E-state index in [4.69, 9.17) is 9.72 Å². The van der Waals surface area contributed by atoms with Gasteiger partial charge in [0.15, 0.2) is 0 Å². The fourth-order valence-electron chi connectivity index (χ4n) is 4.51. The van der Waals surface area contributed by atoms with Crippen LogP contribution in [0.25, 0.3) is 22.3 Å². The molecule has 0 aliphatic carbocycles. The van der Waals surface area contributed by atoms with Crippen molar-refractivity contribution in [3.63, 3.8) is 0 Å². The molecule has 5 aromatic rings. The third kappa shape index (κ3) is 6.10. The van der Waals surface area contributed by atoms with E-state index in [1.165, 1.54) is 11.3 Å². The van der Waals surface area contributed by atoms with Crippen LogP contribution in [0.4, 0.5) is 11.4 Å². The van der Waals surface area contributed by atoms with Gasteiger partial charge in [-0.2, -0.15) is 0 Å². The zero-order chi connectivity index (χ0) is 29.9. The number of anilines is 2. The lowest BCUT2D eigenvalue weighted by Crippen LogP contribution is -2.55. The highest BCUT2D eigenvalue weighted by atomic mass is 32.1. The number of carbonyl (C=O) groups is 2. The number of thiazole rings is 1. The number of fused-ring (bicyclic) bond motifs is 1. The topological polar surface area (TPSA) is 105 Å². The monoisotopic (exact) mass is 583 g/mol. The maximum atomic E-state index is 13.9. The number of benzene rings is 3. The first-order chi connectivity index (χ1) is 20.2. The molecule has 216 valence electrons. The van der Waals surface area contributed by atoms with Crippen LogP contribution in [0.1, 0.15) is 18.9 Å². The van der Waals surface area contributed by atoms with Gasteiger partial charge < -0.3 is 19.9 Å². The summed E-state index contributed by atoms with van der Waals surface area (Å²) >= 11 is 1.44. The summed E-state index contributed by atoms with van der Waals surface area (Å²) < 4.78 is 6.82. The Morgan fingerprint density at radius 2 is 1.71 bits per heavy atom. The first kappa shape index (κ1) is 28.7. The quantitative estimate of drug-likeness (QED) is 0.245. The molecule has 0 bridgehead atoms. The molecular weight excluding hydrogens is 550 g/mol. The van der Waals surface area contributed by atoms with Crippen molar-refractivity contribution < 1.29 is 14.3 Å². The fraction of sp³-hybridized carbons (Fsp3) is 0.258. The molecule has 0 aliphatic heterocycles. The van der Waals surface area contributed by atoms with Gasteiger partial charge in [-0.15, -0.1) is 16.4 Å². The lowest BCUT2D eigenvalue weighted by Gasteiger charge is -2.37. The standard InChI is InChI=1S/C31H33N7O3S/c1-31(2,30(40)32-22-12-14-23(15-13-22)36(3)4)37(29(39)19-38-27-9-7-6-8-25(27)34-35-38)18-28-33-26(20-42-28)21-10-16-24(41-5)17-11-21/h6-17,20H,18-19H2,1-5H3,(H,32,40). The number of para-hydroxylation sites is 1. The number of aromatic nitrogens is 4. The molecule has 0 saturated carbocycles. The summed E-state index contributed by atoms with van der Waals surface area (Å²) in [5.41, 5.74) is 3.59. The number of ether oxygens (including phenoxy) is 1. The largest absolute Gasteiger partial charge is 0.497 e. The maximum absolute atomic E-state index is 13.9. The molecule has 2 heterocycles. The van der Waals surface area contributed by atoms with Crippen LogP contribution in [0.15, 0.2) is 78.2 Å². The molecule has 3 aromatic carbocycles. The minimum atomic E-state index is -1.22. The van der Waals surface area contributed by atoms with Crippen molar-refractivity contribution >= 4 is 45.6 Å². The van der Waals surface area contributed by atoms with Crippen LogP contribution < -0.4 is 15.0 Å². The second-order valence-corrected chi connectivity index (χ2v) is 11.5. The van der Waals surface area contributed by atoms with E-state index in [9.17, 15) is 9.59 Å². The lowest BCUT2D eigenvalue weighted by atomic mass is 10.0. The summed E-state index contributed by atoms with van der Waals surface area (Å²) in [7, 11) is 5.54. The summed E-state index contributed by atoms with van der Waals surface area (Å²) in [4.78, 5) is 36.0. The molecule has 0 spiro atoms. The zero-order valence-corrected chi connectivity index (χ0v) is 25.1. The molecule has 2 amide bonds. The average Bonchev–Trinajstić information content (AvgIpc) is 3.63. The van der Waals surface area contributed by atoms with Gasteiger partial charge in [-0.3, -0.25) is 9.59 Å². The van der Waals surface area contributed by atoms with Crippen LogP contribution in [-0.4, -0.2) is 63.4 Å². The van der Waals surface area contributed by atoms with E-state index in [-0.39, 0.29) is 24.9 Å². The maximum Gasteiger partial charge on any atom is 0.249 e. The van der Waals surface area contributed by atoms with Crippen LogP contribution in [0, 0.1) is 0 Å². The molecular formula is C31H33N7O3S. The van der Waals surface area contributed by atoms with Gasteiger partial charge in [0.1, 0.15) is 28.4 Å². The molecule has 0 unspecified atom stereocenters. The fourth-order valence-corrected chi connectivity index (χ4v) is 5.30. The first-order valence-electron chi connectivity index (χ1n) is 13.4. The van der Waals surface area contributed by atoms with Gasteiger partial charge in [0.2, 0.25) is 11.8 Å². The Kier molecular flexibility index (Phi) is 8.21. The number of hydrogen-bond donors (Lipinski definition) is 1. The Bertz CT molecular complexity index is 1690. The number of rotatable bonds is 10. The van der Waals surface area contributed by atoms with Gasteiger partial charge >= 0.3 is 0 Å². The Morgan fingerprint density at radius 1 is 1.00 bits per heavy atom. The molecule has 0 aliphatic rings. The van der Waals surface area contributed by atoms with Crippen molar-refractivity contribution in [2.24, 2.45) is 0 Å². The summed E-state index contributed by atoms with van der Waals surface area (Å²) in [6.07, 6.45) is 0. The molecule has 0 radical (unpaired) electrons. The average molecular weight is 584 g/mol. The zero-order valence-electron chi connectivity index (χ0n) is 24.2.